The van der Waals surface area contributed by atoms with Gasteiger partial charge in [-0.05, 0) is 53.5 Å². The minimum Gasteiger partial charge on any atom is -0.496 e. The molecule has 0 aromatic heterocycles. The van der Waals surface area contributed by atoms with Gasteiger partial charge in [-0.1, -0.05) is 19.9 Å². The zero-order valence-electron chi connectivity index (χ0n) is 15.1. The number of aryl methyl sites for hydroxylation is 1. The van der Waals surface area contributed by atoms with Crippen molar-refractivity contribution in [3.63, 3.8) is 0 Å². The molecule has 130 valence electrons. The minimum absolute atomic E-state index is 0.174. The number of ether oxygens (including phenoxy) is 3. The van der Waals surface area contributed by atoms with Crippen LogP contribution in [0.3, 0.4) is 0 Å². The molecule has 0 radical (unpaired) electrons. The quantitative estimate of drug-likeness (QED) is 0.702. The summed E-state index contributed by atoms with van der Waals surface area (Å²) >= 11 is 0. The Balaban J connectivity index is 2.47. The topological polar surface area (TPSA) is 44.8 Å². The highest BCUT2D eigenvalue weighted by Gasteiger charge is 2.14. The van der Waals surface area contributed by atoms with Crippen molar-refractivity contribution >= 4 is 16.7 Å². The first-order valence-corrected chi connectivity index (χ1v) is 8.26. The molecule has 0 aliphatic carbocycles. The molecule has 2 aromatic rings. The zero-order chi connectivity index (χ0) is 17.7. The Morgan fingerprint density at radius 2 is 1.71 bits per heavy atom. The molecule has 0 bridgehead atoms. The summed E-state index contributed by atoms with van der Waals surface area (Å²) in [6.45, 7) is 4.30. The van der Waals surface area contributed by atoms with Crippen LogP contribution in [0.5, 0.6) is 11.5 Å². The number of rotatable bonds is 7. The molecule has 0 saturated heterocycles. The highest BCUT2D eigenvalue weighted by molar-refractivity contribution is 5.93. The number of methoxy groups -OCH3 is 3. The van der Waals surface area contributed by atoms with E-state index in [1.54, 1.807) is 14.2 Å². The van der Waals surface area contributed by atoms with Crippen LogP contribution in [0.4, 0.5) is 0 Å². The van der Waals surface area contributed by atoms with Gasteiger partial charge in [-0.3, -0.25) is 4.79 Å². The summed E-state index contributed by atoms with van der Waals surface area (Å²) in [5, 5.41) is 2.19. The van der Waals surface area contributed by atoms with E-state index in [1.165, 1.54) is 12.7 Å². The summed E-state index contributed by atoms with van der Waals surface area (Å²) in [6.07, 6.45) is 1.98. The number of hydrogen-bond acceptors (Lipinski definition) is 4. The smallest absolute Gasteiger partial charge is 0.305 e. The maximum atomic E-state index is 11.3. The van der Waals surface area contributed by atoms with Gasteiger partial charge in [0.1, 0.15) is 11.5 Å². The largest absolute Gasteiger partial charge is 0.496 e. The molecule has 0 amide bonds. The van der Waals surface area contributed by atoms with Gasteiger partial charge in [0.05, 0.1) is 21.3 Å². The third-order valence-electron chi connectivity index (χ3n) is 4.31. The molecule has 0 aliphatic heterocycles. The average molecular weight is 330 g/mol. The summed E-state index contributed by atoms with van der Waals surface area (Å²) in [6, 6.07) is 8.29. The normalized spacial score (nSPS) is 10.9. The monoisotopic (exact) mass is 330 g/mol. The van der Waals surface area contributed by atoms with Crippen molar-refractivity contribution in [3.8, 4) is 11.5 Å². The fourth-order valence-corrected chi connectivity index (χ4v) is 2.97. The van der Waals surface area contributed by atoms with E-state index in [0.717, 1.165) is 40.7 Å². The third-order valence-corrected chi connectivity index (χ3v) is 4.31. The lowest BCUT2D eigenvalue weighted by molar-refractivity contribution is -0.140. The summed E-state index contributed by atoms with van der Waals surface area (Å²) < 4.78 is 15.8. The van der Waals surface area contributed by atoms with Crippen LogP contribution in [0.2, 0.25) is 0 Å². The molecular formula is C20H26O4. The van der Waals surface area contributed by atoms with E-state index in [1.807, 2.05) is 6.07 Å². The standard InChI is InChI=1S/C20H26O4/c1-13(2)15-11-17-16(12-19(15)23-4)14(9-10-18(17)22-3)7-6-8-20(21)24-5/h9-13H,6-8H2,1-5H3. The fraction of sp³-hybridized carbons (Fsp3) is 0.450. The first kappa shape index (κ1) is 18.1. The van der Waals surface area contributed by atoms with Gasteiger partial charge in [-0.2, -0.15) is 0 Å². The van der Waals surface area contributed by atoms with E-state index in [9.17, 15) is 4.79 Å². The molecule has 4 heteroatoms. The van der Waals surface area contributed by atoms with Crippen molar-refractivity contribution < 1.29 is 19.0 Å². The lowest BCUT2D eigenvalue weighted by Crippen LogP contribution is -2.01. The van der Waals surface area contributed by atoms with Gasteiger partial charge < -0.3 is 14.2 Å². The Labute approximate surface area is 143 Å². The van der Waals surface area contributed by atoms with Crippen LogP contribution in [-0.4, -0.2) is 27.3 Å². The lowest BCUT2D eigenvalue weighted by Gasteiger charge is -2.17. The summed E-state index contributed by atoms with van der Waals surface area (Å²) in [5.41, 5.74) is 2.35. The van der Waals surface area contributed by atoms with Crippen LogP contribution < -0.4 is 9.47 Å². The Bertz CT molecular complexity index is 719. The first-order chi connectivity index (χ1) is 11.5. The van der Waals surface area contributed by atoms with Gasteiger partial charge in [0.25, 0.3) is 0 Å². The summed E-state index contributed by atoms with van der Waals surface area (Å²) in [4.78, 5) is 11.3. The van der Waals surface area contributed by atoms with Crippen LogP contribution in [-0.2, 0) is 16.0 Å². The van der Waals surface area contributed by atoms with Crippen molar-refractivity contribution in [2.24, 2.45) is 0 Å². The third kappa shape index (κ3) is 3.81. The highest BCUT2D eigenvalue weighted by Crippen LogP contribution is 2.37. The number of carbonyl (C=O) groups is 1. The Kier molecular flexibility index (Phi) is 6.07. The first-order valence-electron chi connectivity index (χ1n) is 8.26. The Morgan fingerprint density at radius 3 is 2.29 bits per heavy atom. The molecular weight excluding hydrogens is 304 g/mol. The molecule has 0 atom stereocenters. The number of fused-ring (bicyclic) bond motifs is 1. The second-order valence-corrected chi connectivity index (χ2v) is 6.15. The summed E-state index contributed by atoms with van der Waals surface area (Å²) in [7, 11) is 4.80. The van der Waals surface area contributed by atoms with Crippen LogP contribution in [0.1, 0.15) is 43.7 Å². The van der Waals surface area contributed by atoms with Gasteiger partial charge in [0.15, 0.2) is 0 Å². The maximum Gasteiger partial charge on any atom is 0.305 e. The molecule has 4 nitrogen and oxygen atoms in total. The van der Waals surface area contributed by atoms with Crippen molar-refractivity contribution in [1.82, 2.24) is 0 Å². The molecule has 0 aliphatic rings. The van der Waals surface area contributed by atoms with Gasteiger partial charge in [0.2, 0.25) is 0 Å². The van der Waals surface area contributed by atoms with Crippen LogP contribution in [0.15, 0.2) is 24.3 Å². The van der Waals surface area contributed by atoms with Crippen molar-refractivity contribution in [1.29, 1.82) is 0 Å². The SMILES string of the molecule is COC(=O)CCCc1ccc(OC)c2cc(C(C)C)c(OC)cc12. The number of esters is 1. The van der Waals surface area contributed by atoms with Crippen molar-refractivity contribution in [2.75, 3.05) is 21.3 Å². The molecule has 2 aromatic carbocycles. The molecule has 0 N–H and O–H groups in total. The number of hydrogen-bond donors (Lipinski definition) is 0. The second-order valence-electron chi connectivity index (χ2n) is 6.15. The van der Waals surface area contributed by atoms with Crippen LogP contribution in [0, 0.1) is 0 Å². The van der Waals surface area contributed by atoms with E-state index in [0.29, 0.717) is 12.3 Å². The highest BCUT2D eigenvalue weighted by atomic mass is 16.5. The van der Waals surface area contributed by atoms with Gasteiger partial charge in [0, 0.05) is 11.8 Å². The molecule has 0 fully saturated rings. The molecule has 0 saturated carbocycles. The predicted octanol–water partition coefficient (Wildman–Crippen LogP) is 4.48. The Hall–Kier alpha value is -2.23. The minimum atomic E-state index is -0.174. The van der Waals surface area contributed by atoms with E-state index >= 15 is 0 Å². The Morgan fingerprint density at radius 1 is 1.00 bits per heavy atom. The van der Waals surface area contributed by atoms with E-state index in [4.69, 9.17) is 14.2 Å². The van der Waals surface area contributed by atoms with Gasteiger partial charge in [-0.15, -0.1) is 0 Å². The van der Waals surface area contributed by atoms with Crippen LogP contribution >= 0.6 is 0 Å². The van der Waals surface area contributed by atoms with E-state index in [-0.39, 0.29) is 5.97 Å². The second kappa shape index (κ2) is 8.04. The van der Waals surface area contributed by atoms with Crippen molar-refractivity contribution in [2.45, 2.75) is 39.0 Å². The molecule has 24 heavy (non-hydrogen) atoms. The molecule has 0 unspecified atom stereocenters. The van der Waals surface area contributed by atoms with Gasteiger partial charge >= 0.3 is 5.97 Å². The molecule has 2 rings (SSSR count). The zero-order valence-corrected chi connectivity index (χ0v) is 15.1. The number of carbonyl (C=O) groups excluding carboxylic acids is 1. The lowest BCUT2D eigenvalue weighted by atomic mass is 9.93. The van der Waals surface area contributed by atoms with E-state index < -0.39 is 0 Å². The van der Waals surface area contributed by atoms with Crippen molar-refractivity contribution in [3.05, 3.63) is 35.4 Å². The fourth-order valence-electron chi connectivity index (χ4n) is 2.97. The molecule has 0 spiro atoms. The van der Waals surface area contributed by atoms with Crippen LogP contribution in [0.25, 0.3) is 10.8 Å². The molecule has 0 heterocycles. The predicted molar refractivity (Wildman–Crippen MR) is 96.1 cm³/mol. The number of benzene rings is 2. The van der Waals surface area contributed by atoms with Gasteiger partial charge in [-0.25, -0.2) is 0 Å². The van der Waals surface area contributed by atoms with E-state index in [2.05, 4.69) is 32.0 Å². The maximum absolute atomic E-state index is 11.3. The summed E-state index contributed by atoms with van der Waals surface area (Å²) in [5.74, 6) is 1.93. The average Bonchev–Trinajstić information content (AvgIpc) is 2.60.